The van der Waals surface area contributed by atoms with Gasteiger partial charge in [-0.2, -0.15) is 9.41 Å². The lowest BCUT2D eigenvalue weighted by molar-refractivity contribution is 0.0955. The first-order valence-corrected chi connectivity index (χ1v) is 13.8. The van der Waals surface area contributed by atoms with Crippen molar-refractivity contribution < 1.29 is 17.6 Å². The molecule has 1 aromatic heterocycles. The molecule has 4 rings (SSSR count). The van der Waals surface area contributed by atoms with E-state index in [9.17, 15) is 13.2 Å². The second-order valence-electron chi connectivity index (χ2n) is 8.70. The fourth-order valence-electron chi connectivity index (χ4n) is 3.57. The van der Waals surface area contributed by atoms with Gasteiger partial charge in [-0.25, -0.2) is 13.8 Å². The van der Waals surface area contributed by atoms with Crippen LogP contribution in [-0.4, -0.2) is 24.8 Å². The second-order valence-corrected chi connectivity index (χ2v) is 11.5. The molecule has 0 aliphatic rings. The van der Waals surface area contributed by atoms with E-state index in [1.807, 2.05) is 26.0 Å². The van der Waals surface area contributed by atoms with E-state index < -0.39 is 10.0 Å². The van der Waals surface area contributed by atoms with Gasteiger partial charge in [0.25, 0.3) is 5.91 Å². The van der Waals surface area contributed by atoms with Gasteiger partial charge in [-0.1, -0.05) is 64.7 Å². The Bertz CT molecular complexity index is 1560. The summed E-state index contributed by atoms with van der Waals surface area (Å²) in [5.74, 6) is 0.392. The van der Waals surface area contributed by atoms with E-state index in [0.717, 1.165) is 11.1 Å². The smallest absolute Gasteiger partial charge is 0.271 e. The van der Waals surface area contributed by atoms with E-state index in [4.69, 9.17) is 27.6 Å². The van der Waals surface area contributed by atoms with Gasteiger partial charge in [0.1, 0.15) is 11.5 Å². The number of amides is 1. The molecule has 1 N–H and O–H groups in total. The van der Waals surface area contributed by atoms with Crippen molar-refractivity contribution >= 4 is 45.3 Å². The monoisotopic (exact) mass is 569 g/mol. The molecule has 0 saturated heterocycles. The molecular weight excluding hydrogens is 545 g/mol. The van der Waals surface area contributed by atoms with E-state index in [1.54, 1.807) is 66.7 Å². The summed E-state index contributed by atoms with van der Waals surface area (Å²) in [5.41, 5.74) is 5.59. The minimum absolute atomic E-state index is 0.0416. The molecule has 196 valence electrons. The number of hydrogen-bond acceptors (Lipinski definition) is 5. The number of hydrazone groups is 1. The zero-order valence-electron chi connectivity index (χ0n) is 20.7. The normalized spacial score (nSPS) is 11.8. The lowest BCUT2D eigenvalue weighted by Gasteiger charge is -2.22. The molecule has 4 aromatic rings. The first-order chi connectivity index (χ1) is 18.1. The van der Waals surface area contributed by atoms with E-state index >= 15 is 0 Å². The maximum Gasteiger partial charge on any atom is 0.271 e. The van der Waals surface area contributed by atoms with Gasteiger partial charge in [0.15, 0.2) is 0 Å². The summed E-state index contributed by atoms with van der Waals surface area (Å²) in [4.78, 5) is 12.4. The van der Waals surface area contributed by atoms with Crippen LogP contribution in [0.4, 0.5) is 0 Å². The van der Waals surface area contributed by atoms with Gasteiger partial charge in [-0.05, 0) is 67.9 Å². The summed E-state index contributed by atoms with van der Waals surface area (Å²) in [6, 6.07) is 22.0. The lowest BCUT2D eigenvalue weighted by atomic mass is 10.1. The third-order valence-electron chi connectivity index (χ3n) is 5.69. The molecule has 1 heterocycles. The van der Waals surface area contributed by atoms with Gasteiger partial charge < -0.3 is 4.42 Å². The highest BCUT2D eigenvalue weighted by Crippen LogP contribution is 2.26. The number of benzene rings is 3. The van der Waals surface area contributed by atoms with Gasteiger partial charge in [-0.15, -0.1) is 0 Å². The van der Waals surface area contributed by atoms with Crippen molar-refractivity contribution in [1.82, 2.24) is 9.73 Å². The standard InChI is InChI=1S/C28H25Cl2N3O4S/c1-19-3-8-22(9-4-19)28(34)32-31-16-23-10-11-24(37-23)18-33(17-21-7-14-26(29)27(30)15-21)38(35,36)25-12-5-20(2)6-13-25/h3-16H,17-18H2,1-2H3,(H,32,34)/b31-16-. The third kappa shape index (κ3) is 6.90. The summed E-state index contributed by atoms with van der Waals surface area (Å²) >= 11 is 12.2. The van der Waals surface area contributed by atoms with Crippen LogP contribution in [0.5, 0.6) is 0 Å². The maximum absolute atomic E-state index is 13.6. The summed E-state index contributed by atoms with van der Waals surface area (Å²) in [7, 11) is -3.88. The van der Waals surface area contributed by atoms with Crippen molar-refractivity contribution in [2.45, 2.75) is 31.8 Å². The second kappa shape index (κ2) is 12.0. The highest BCUT2D eigenvalue weighted by atomic mass is 35.5. The Morgan fingerprint density at radius 1 is 0.895 bits per heavy atom. The maximum atomic E-state index is 13.6. The van der Waals surface area contributed by atoms with Crippen molar-refractivity contribution in [2.75, 3.05) is 0 Å². The predicted molar refractivity (Wildman–Crippen MR) is 149 cm³/mol. The minimum atomic E-state index is -3.88. The molecule has 0 spiro atoms. The van der Waals surface area contributed by atoms with Gasteiger partial charge in [-0.3, -0.25) is 4.79 Å². The van der Waals surface area contributed by atoms with Gasteiger partial charge >= 0.3 is 0 Å². The molecule has 7 nitrogen and oxygen atoms in total. The molecular formula is C28H25Cl2N3O4S. The number of halogens is 2. The van der Waals surface area contributed by atoms with Crippen LogP contribution in [0.15, 0.2) is 93.3 Å². The number of sulfonamides is 1. The molecule has 0 aliphatic heterocycles. The highest BCUT2D eigenvalue weighted by Gasteiger charge is 2.26. The van der Waals surface area contributed by atoms with Crippen LogP contribution in [0.25, 0.3) is 0 Å². The number of hydrogen-bond donors (Lipinski definition) is 1. The van der Waals surface area contributed by atoms with Crippen LogP contribution in [0.3, 0.4) is 0 Å². The SMILES string of the molecule is Cc1ccc(C(=O)N/N=C\c2ccc(CN(Cc3ccc(Cl)c(Cl)c3)S(=O)(=O)c3ccc(C)cc3)o2)cc1. The molecule has 38 heavy (non-hydrogen) atoms. The van der Waals surface area contributed by atoms with E-state index in [0.29, 0.717) is 32.7 Å². The summed E-state index contributed by atoms with van der Waals surface area (Å²) < 4.78 is 34.2. The Hall–Kier alpha value is -3.43. The Morgan fingerprint density at radius 3 is 2.21 bits per heavy atom. The average Bonchev–Trinajstić information content (AvgIpc) is 3.33. The molecule has 0 atom stereocenters. The van der Waals surface area contributed by atoms with Crippen molar-refractivity contribution in [2.24, 2.45) is 5.10 Å². The Morgan fingerprint density at radius 2 is 1.55 bits per heavy atom. The van der Waals surface area contributed by atoms with Crippen LogP contribution >= 0.6 is 23.2 Å². The Balaban J connectivity index is 1.52. The predicted octanol–water partition coefficient (Wildman–Crippen LogP) is 6.36. The third-order valence-corrected chi connectivity index (χ3v) is 8.23. The van der Waals surface area contributed by atoms with Crippen molar-refractivity contribution in [3.05, 3.63) is 123 Å². The number of carbonyl (C=O) groups excluding carboxylic acids is 1. The van der Waals surface area contributed by atoms with E-state index in [2.05, 4.69) is 10.5 Å². The van der Waals surface area contributed by atoms with Crippen LogP contribution in [-0.2, 0) is 23.1 Å². The molecule has 0 bridgehead atoms. The summed E-state index contributed by atoms with van der Waals surface area (Å²) in [6.45, 7) is 3.83. The quantitative estimate of drug-likeness (QED) is 0.187. The molecule has 3 aromatic carbocycles. The van der Waals surface area contributed by atoms with Crippen molar-refractivity contribution in [1.29, 1.82) is 0 Å². The number of aryl methyl sites for hydroxylation is 2. The van der Waals surface area contributed by atoms with Crippen molar-refractivity contribution in [3.63, 3.8) is 0 Å². The zero-order valence-corrected chi connectivity index (χ0v) is 23.0. The van der Waals surface area contributed by atoms with Crippen LogP contribution in [0.1, 0.15) is 38.6 Å². The number of furan rings is 1. The molecule has 10 heteroatoms. The molecule has 1 amide bonds. The molecule has 0 radical (unpaired) electrons. The topological polar surface area (TPSA) is 92.0 Å². The fraction of sp³-hybridized carbons (Fsp3) is 0.143. The van der Waals surface area contributed by atoms with E-state index in [1.165, 1.54) is 10.5 Å². The highest BCUT2D eigenvalue weighted by molar-refractivity contribution is 7.89. The Kier molecular flexibility index (Phi) is 8.69. The van der Waals surface area contributed by atoms with Crippen LogP contribution in [0, 0.1) is 13.8 Å². The first-order valence-electron chi connectivity index (χ1n) is 11.6. The lowest BCUT2D eigenvalue weighted by Crippen LogP contribution is -2.30. The van der Waals surface area contributed by atoms with Gasteiger partial charge in [0.2, 0.25) is 10.0 Å². The molecule has 0 saturated carbocycles. The van der Waals surface area contributed by atoms with Gasteiger partial charge in [0, 0.05) is 12.1 Å². The minimum Gasteiger partial charge on any atom is -0.459 e. The first kappa shape index (κ1) is 27.6. The number of nitrogens with one attached hydrogen (secondary N) is 1. The zero-order chi connectivity index (χ0) is 27.3. The molecule has 0 fully saturated rings. The molecule has 0 aliphatic carbocycles. The number of rotatable bonds is 9. The van der Waals surface area contributed by atoms with E-state index in [-0.39, 0.29) is 23.9 Å². The fourth-order valence-corrected chi connectivity index (χ4v) is 5.29. The summed E-state index contributed by atoms with van der Waals surface area (Å²) in [5, 5.41) is 4.66. The van der Waals surface area contributed by atoms with Crippen LogP contribution < -0.4 is 5.43 Å². The molecule has 0 unspecified atom stereocenters. The average molecular weight is 570 g/mol. The Labute approximate surface area is 231 Å². The van der Waals surface area contributed by atoms with Crippen LogP contribution in [0.2, 0.25) is 10.0 Å². The number of carbonyl (C=O) groups is 1. The largest absolute Gasteiger partial charge is 0.459 e. The van der Waals surface area contributed by atoms with Crippen molar-refractivity contribution in [3.8, 4) is 0 Å². The number of nitrogens with zero attached hydrogens (tertiary/aromatic N) is 2. The summed E-state index contributed by atoms with van der Waals surface area (Å²) in [6.07, 6.45) is 1.35. The van der Waals surface area contributed by atoms with Gasteiger partial charge in [0.05, 0.1) is 27.7 Å².